The maximum Gasteiger partial charge on any atom is 0.303 e. The van der Waals surface area contributed by atoms with Crippen LogP contribution in [-0.4, -0.2) is 36.0 Å². The number of likely N-dealkylation sites (N-methyl/N-ethyl adjacent to an activating group) is 1. The molecule has 1 unspecified atom stereocenters. The van der Waals surface area contributed by atoms with Gasteiger partial charge in [0.2, 0.25) is 5.91 Å². The predicted molar refractivity (Wildman–Crippen MR) is 74.1 cm³/mol. The summed E-state index contributed by atoms with van der Waals surface area (Å²) in [6.07, 6.45) is 1.28. The minimum absolute atomic E-state index is 0.000222. The predicted octanol–water partition coefficient (Wildman–Crippen LogP) is 2.29. The molecule has 0 fully saturated rings. The molecular weight excluding hydrogens is 242 g/mol. The molecule has 1 N–H and O–H groups in total. The number of aryl methyl sites for hydroxylation is 1. The number of benzene rings is 1. The number of hydrogen-bond acceptors (Lipinski definition) is 2. The molecule has 1 atom stereocenters. The van der Waals surface area contributed by atoms with Gasteiger partial charge in [0.05, 0.1) is 5.92 Å². The van der Waals surface area contributed by atoms with Crippen LogP contribution in [0.3, 0.4) is 0 Å². The highest BCUT2D eigenvalue weighted by molar-refractivity contribution is 5.84. The first-order valence-corrected chi connectivity index (χ1v) is 6.47. The highest BCUT2D eigenvalue weighted by atomic mass is 16.4. The molecule has 0 spiro atoms. The molecule has 0 aliphatic rings. The quantitative estimate of drug-likeness (QED) is 0.856. The first-order valence-electron chi connectivity index (χ1n) is 6.47. The van der Waals surface area contributed by atoms with Gasteiger partial charge >= 0.3 is 5.97 Å². The summed E-state index contributed by atoms with van der Waals surface area (Å²) in [6.45, 7) is 2.07. The molecule has 19 heavy (non-hydrogen) atoms. The van der Waals surface area contributed by atoms with Crippen molar-refractivity contribution in [2.45, 2.75) is 32.1 Å². The molecule has 0 aliphatic carbocycles. The van der Waals surface area contributed by atoms with E-state index in [2.05, 4.69) is 6.92 Å². The van der Waals surface area contributed by atoms with E-state index in [1.165, 1.54) is 10.5 Å². The third kappa shape index (κ3) is 4.39. The van der Waals surface area contributed by atoms with Crippen LogP contribution in [0.4, 0.5) is 0 Å². The molecule has 1 rings (SSSR count). The minimum atomic E-state index is -0.873. The molecular formula is C15H21NO3. The van der Waals surface area contributed by atoms with Crippen molar-refractivity contribution in [3.63, 3.8) is 0 Å². The van der Waals surface area contributed by atoms with Gasteiger partial charge in [-0.05, 0) is 24.0 Å². The molecule has 1 aromatic rings. The summed E-state index contributed by atoms with van der Waals surface area (Å²) in [5, 5.41) is 8.79. The summed E-state index contributed by atoms with van der Waals surface area (Å²) in [5.41, 5.74) is 2.09. The topological polar surface area (TPSA) is 57.6 Å². The average molecular weight is 263 g/mol. The van der Waals surface area contributed by atoms with Gasteiger partial charge < -0.3 is 10.0 Å². The Bertz CT molecular complexity index is 437. The Labute approximate surface area is 114 Å². The van der Waals surface area contributed by atoms with Crippen LogP contribution in [-0.2, 0) is 16.0 Å². The number of rotatable bonds is 6. The summed E-state index contributed by atoms with van der Waals surface area (Å²) < 4.78 is 0. The van der Waals surface area contributed by atoms with Crippen molar-refractivity contribution in [1.82, 2.24) is 4.90 Å². The second-order valence-electron chi connectivity index (χ2n) is 4.81. The molecule has 1 amide bonds. The molecule has 0 bridgehead atoms. The number of carboxylic acid groups (broad SMARTS) is 1. The lowest BCUT2D eigenvalue weighted by molar-refractivity contribution is -0.137. The molecule has 0 saturated heterocycles. The number of carbonyl (C=O) groups excluding carboxylic acids is 1. The number of carbonyl (C=O) groups is 2. The summed E-state index contributed by atoms with van der Waals surface area (Å²) in [7, 11) is 3.38. The Morgan fingerprint density at radius 3 is 2.21 bits per heavy atom. The normalized spacial score (nSPS) is 11.9. The summed E-state index contributed by atoms with van der Waals surface area (Å²) in [4.78, 5) is 24.4. The average Bonchev–Trinajstić information content (AvgIpc) is 2.39. The van der Waals surface area contributed by atoms with Crippen molar-refractivity contribution < 1.29 is 14.7 Å². The van der Waals surface area contributed by atoms with E-state index in [1.807, 2.05) is 24.3 Å². The van der Waals surface area contributed by atoms with E-state index in [-0.39, 0.29) is 18.2 Å². The van der Waals surface area contributed by atoms with E-state index < -0.39 is 5.97 Å². The number of amides is 1. The fraction of sp³-hybridized carbons (Fsp3) is 0.467. The lowest BCUT2D eigenvalue weighted by Crippen LogP contribution is -2.28. The third-order valence-corrected chi connectivity index (χ3v) is 3.18. The molecule has 0 radical (unpaired) electrons. The maximum atomic E-state index is 12.1. The highest BCUT2D eigenvalue weighted by Gasteiger charge is 2.22. The SMILES string of the molecule is CCc1ccc(C(CCC(=O)O)C(=O)N(C)C)cc1. The van der Waals surface area contributed by atoms with E-state index in [1.54, 1.807) is 14.1 Å². The van der Waals surface area contributed by atoms with Gasteiger partial charge in [0.15, 0.2) is 0 Å². The first-order chi connectivity index (χ1) is 8.95. The van der Waals surface area contributed by atoms with Gasteiger partial charge in [-0.15, -0.1) is 0 Å². The number of nitrogens with zero attached hydrogens (tertiary/aromatic N) is 1. The molecule has 1 aromatic carbocycles. The van der Waals surface area contributed by atoms with Crippen LogP contribution in [0, 0.1) is 0 Å². The summed E-state index contributed by atoms with van der Waals surface area (Å²) in [5.74, 6) is -1.30. The largest absolute Gasteiger partial charge is 0.481 e. The van der Waals surface area contributed by atoms with E-state index in [0.29, 0.717) is 6.42 Å². The van der Waals surface area contributed by atoms with Crippen molar-refractivity contribution in [1.29, 1.82) is 0 Å². The van der Waals surface area contributed by atoms with Crippen LogP contribution < -0.4 is 0 Å². The van der Waals surface area contributed by atoms with E-state index in [4.69, 9.17) is 5.11 Å². The van der Waals surface area contributed by atoms with Crippen LogP contribution in [0.2, 0.25) is 0 Å². The zero-order chi connectivity index (χ0) is 14.4. The Balaban J connectivity index is 2.93. The van der Waals surface area contributed by atoms with Crippen LogP contribution in [0.1, 0.15) is 36.8 Å². The van der Waals surface area contributed by atoms with Crippen LogP contribution in [0.25, 0.3) is 0 Å². The van der Waals surface area contributed by atoms with Gasteiger partial charge in [0.1, 0.15) is 0 Å². The van der Waals surface area contributed by atoms with Crippen molar-refractivity contribution in [2.24, 2.45) is 0 Å². The third-order valence-electron chi connectivity index (χ3n) is 3.18. The number of carboxylic acids is 1. The fourth-order valence-corrected chi connectivity index (χ4v) is 2.00. The smallest absolute Gasteiger partial charge is 0.303 e. The van der Waals surface area contributed by atoms with Gasteiger partial charge in [0, 0.05) is 20.5 Å². The molecule has 0 aromatic heterocycles. The lowest BCUT2D eigenvalue weighted by Gasteiger charge is -2.20. The van der Waals surface area contributed by atoms with Crippen molar-refractivity contribution in [3.8, 4) is 0 Å². The summed E-state index contributed by atoms with van der Waals surface area (Å²) in [6, 6.07) is 7.83. The fourth-order valence-electron chi connectivity index (χ4n) is 2.00. The Hall–Kier alpha value is -1.84. The molecule has 0 saturated carbocycles. The van der Waals surface area contributed by atoms with Gasteiger partial charge in [-0.25, -0.2) is 0 Å². The second-order valence-corrected chi connectivity index (χ2v) is 4.81. The zero-order valence-corrected chi connectivity index (χ0v) is 11.7. The molecule has 4 nitrogen and oxygen atoms in total. The Morgan fingerprint density at radius 2 is 1.79 bits per heavy atom. The van der Waals surface area contributed by atoms with Crippen molar-refractivity contribution in [3.05, 3.63) is 35.4 Å². The van der Waals surface area contributed by atoms with E-state index >= 15 is 0 Å². The van der Waals surface area contributed by atoms with Crippen LogP contribution >= 0.6 is 0 Å². The second kappa shape index (κ2) is 6.92. The molecule has 0 aliphatic heterocycles. The van der Waals surface area contributed by atoms with E-state index in [0.717, 1.165) is 12.0 Å². The maximum absolute atomic E-state index is 12.1. The van der Waals surface area contributed by atoms with E-state index in [9.17, 15) is 9.59 Å². The molecule has 104 valence electrons. The minimum Gasteiger partial charge on any atom is -0.481 e. The standard InChI is InChI=1S/C15H21NO3/c1-4-11-5-7-12(8-6-11)13(9-10-14(17)18)15(19)16(2)3/h5-8,13H,4,9-10H2,1-3H3,(H,17,18). The van der Waals surface area contributed by atoms with Crippen LogP contribution in [0.5, 0.6) is 0 Å². The van der Waals surface area contributed by atoms with Gasteiger partial charge in [-0.3, -0.25) is 9.59 Å². The zero-order valence-electron chi connectivity index (χ0n) is 11.7. The molecule has 4 heteroatoms. The monoisotopic (exact) mass is 263 g/mol. The number of hydrogen-bond donors (Lipinski definition) is 1. The van der Waals surface area contributed by atoms with Crippen LogP contribution in [0.15, 0.2) is 24.3 Å². The van der Waals surface area contributed by atoms with Gasteiger partial charge in [0.25, 0.3) is 0 Å². The van der Waals surface area contributed by atoms with Gasteiger partial charge in [-0.2, -0.15) is 0 Å². The highest BCUT2D eigenvalue weighted by Crippen LogP contribution is 2.24. The Morgan fingerprint density at radius 1 is 1.21 bits per heavy atom. The lowest BCUT2D eigenvalue weighted by atomic mass is 9.92. The first kappa shape index (κ1) is 15.2. The van der Waals surface area contributed by atoms with Gasteiger partial charge in [-0.1, -0.05) is 31.2 Å². The Kier molecular flexibility index (Phi) is 5.55. The number of aliphatic carboxylic acids is 1. The summed E-state index contributed by atoms with van der Waals surface area (Å²) >= 11 is 0. The molecule has 0 heterocycles. The van der Waals surface area contributed by atoms with Crippen molar-refractivity contribution >= 4 is 11.9 Å². The van der Waals surface area contributed by atoms with Crippen molar-refractivity contribution in [2.75, 3.05) is 14.1 Å².